The van der Waals surface area contributed by atoms with Gasteiger partial charge in [-0.05, 0) is 70.6 Å². The molecular formula is C35H34ClN5O4. The molecule has 0 bridgehead atoms. The Labute approximate surface area is 267 Å². The van der Waals surface area contributed by atoms with Crippen molar-refractivity contribution in [3.05, 3.63) is 146 Å². The van der Waals surface area contributed by atoms with Gasteiger partial charge in [0.25, 0.3) is 5.91 Å². The van der Waals surface area contributed by atoms with E-state index in [0.717, 1.165) is 22.3 Å². The van der Waals surface area contributed by atoms with Gasteiger partial charge < -0.3 is 19.9 Å². The Balaban J connectivity index is 1.53. The number of nitrogens with zero attached hydrogens (tertiary/aromatic N) is 4. The average molecular weight is 624 g/mol. The molecular weight excluding hydrogens is 590 g/mol. The monoisotopic (exact) mass is 623 g/mol. The van der Waals surface area contributed by atoms with Crippen molar-refractivity contribution >= 4 is 23.4 Å². The van der Waals surface area contributed by atoms with E-state index in [0.29, 0.717) is 48.2 Å². The molecule has 0 radical (unpaired) electrons. The lowest BCUT2D eigenvalue weighted by Crippen LogP contribution is -2.50. The molecule has 0 aliphatic carbocycles. The highest BCUT2D eigenvalue weighted by Crippen LogP contribution is 2.43. The maximum Gasteiger partial charge on any atom is 0.252 e. The van der Waals surface area contributed by atoms with Gasteiger partial charge in [0.15, 0.2) is 11.6 Å². The number of carbonyl (C=O) groups excluding carboxylic acids is 1. The molecule has 1 heterocycles. The number of hydrogen-bond acceptors (Lipinski definition) is 6. The fourth-order valence-electron chi connectivity index (χ4n) is 5.32. The molecule has 0 saturated carbocycles. The van der Waals surface area contributed by atoms with Crippen molar-refractivity contribution in [2.45, 2.75) is 37.5 Å². The molecule has 2 N–H and O–H groups in total. The van der Waals surface area contributed by atoms with Crippen molar-refractivity contribution in [2.75, 3.05) is 19.8 Å². The van der Waals surface area contributed by atoms with E-state index in [1.165, 1.54) is 0 Å². The van der Waals surface area contributed by atoms with Gasteiger partial charge in [0.2, 0.25) is 5.90 Å². The Morgan fingerprint density at radius 2 is 1.71 bits per heavy atom. The van der Waals surface area contributed by atoms with E-state index in [1.54, 1.807) is 0 Å². The van der Waals surface area contributed by atoms with Crippen molar-refractivity contribution < 1.29 is 19.4 Å². The SMILES string of the molecule is [N-]=[N+]=NCc1ccccc1C[C@@]1(C(=O)NCCc2ccc(Cl)cc2)N=C(c2ccc(OCCCO)cc2)O[C@@H]1c1ccccc1. The predicted molar refractivity (Wildman–Crippen MR) is 174 cm³/mol. The number of halogens is 1. The van der Waals surface area contributed by atoms with Crippen LogP contribution in [0.15, 0.2) is 113 Å². The number of azide groups is 1. The summed E-state index contributed by atoms with van der Waals surface area (Å²) in [7, 11) is 0. The molecule has 45 heavy (non-hydrogen) atoms. The van der Waals surface area contributed by atoms with Crippen LogP contribution < -0.4 is 10.1 Å². The summed E-state index contributed by atoms with van der Waals surface area (Å²) in [6.45, 7) is 0.984. The first-order valence-electron chi connectivity index (χ1n) is 14.8. The van der Waals surface area contributed by atoms with Crippen molar-refractivity contribution in [3.8, 4) is 5.75 Å². The number of nitrogens with one attached hydrogen (secondary N) is 1. The molecule has 4 aromatic carbocycles. The molecule has 2 atom stereocenters. The molecule has 230 valence electrons. The summed E-state index contributed by atoms with van der Waals surface area (Å²) in [5, 5.41) is 16.6. The minimum atomic E-state index is -1.38. The van der Waals surface area contributed by atoms with Crippen molar-refractivity contribution in [2.24, 2.45) is 10.1 Å². The highest BCUT2D eigenvalue weighted by Gasteiger charge is 2.53. The number of amides is 1. The number of aliphatic hydroxyl groups is 1. The van der Waals surface area contributed by atoms with E-state index in [1.807, 2.05) is 103 Å². The lowest BCUT2D eigenvalue weighted by molar-refractivity contribution is -0.128. The maximum absolute atomic E-state index is 14.5. The number of benzene rings is 4. The first kappa shape index (κ1) is 31.6. The van der Waals surface area contributed by atoms with Crippen molar-refractivity contribution in [1.82, 2.24) is 5.32 Å². The number of hydrogen-bond donors (Lipinski definition) is 2. The van der Waals surface area contributed by atoms with E-state index in [9.17, 15) is 4.79 Å². The van der Waals surface area contributed by atoms with E-state index >= 15 is 0 Å². The van der Waals surface area contributed by atoms with E-state index in [4.69, 9.17) is 36.7 Å². The molecule has 9 nitrogen and oxygen atoms in total. The summed E-state index contributed by atoms with van der Waals surface area (Å²) >= 11 is 6.06. The van der Waals surface area contributed by atoms with Crippen LogP contribution in [0, 0.1) is 0 Å². The zero-order chi connectivity index (χ0) is 31.5. The molecule has 0 fully saturated rings. The van der Waals surface area contributed by atoms with Crippen molar-refractivity contribution in [1.29, 1.82) is 0 Å². The summed E-state index contributed by atoms with van der Waals surface area (Å²) in [5.41, 5.74) is 11.8. The molecule has 0 aromatic heterocycles. The van der Waals surface area contributed by atoms with E-state index in [2.05, 4.69) is 15.3 Å². The van der Waals surface area contributed by atoms with Gasteiger partial charge >= 0.3 is 0 Å². The number of aliphatic hydroxyl groups excluding tert-OH is 1. The molecule has 1 aliphatic rings. The normalized spacial score (nSPS) is 17.1. The molecule has 0 unspecified atom stereocenters. The fraction of sp³-hybridized carbons (Fsp3) is 0.257. The largest absolute Gasteiger partial charge is 0.494 e. The number of carbonyl (C=O) groups is 1. The first-order valence-corrected chi connectivity index (χ1v) is 15.2. The summed E-state index contributed by atoms with van der Waals surface area (Å²) < 4.78 is 12.3. The third kappa shape index (κ3) is 7.83. The van der Waals surface area contributed by atoms with Crippen LogP contribution in [0.3, 0.4) is 0 Å². The molecule has 1 aliphatic heterocycles. The number of aliphatic imine (C=N–C) groups is 1. The highest BCUT2D eigenvalue weighted by molar-refractivity contribution is 6.30. The highest BCUT2D eigenvalue weighted by atomic mass is 35.5. The third-order valence-electron chi connectivity index (χ3n) is 7.63. The summed E-state index contributed by atoms with van der Waals surface area (Å²) in [6.07, 6.45) is 0.616. The smallest absolute Gasteiger partial charge is 0.252 e. The average Bonchev–Trinajstić information content (AvgIpc) is 3.46. The van der Waals surface area contributed by atoms with Gasteiger partial charge in [0, 0.05) is 41.5 Å². The Bertz CT molecular complexity index is 1660. The molecule has 0 saturated heterocycles. The van der Waals surface area contributed by atoms with Crippen LogP contribution in [0.25, 0.3) is 10.4 Å². The molecule has 10 heteroatoms. The zero-order valence-corrected chi connectivity index (χ0v) is 25.4. The van der Waals surface area contributed by atoms with Crippen LogP contribution in [0.2, 0.25) is 5.02 Å². The lowest BCUT2D eigenvalue weighted by atomic mass is 9.81. The Hall–Kier alpha value is -4.82. The molecule has 5 rings (SSSR count). The van der Waals surface area contributed by atoms with Crippen molar-refractivity contribution in [3.63, 3.8) is 0 Å². The topological polar surface area (TPSA) is 129 Å². The minimum Gasteiger partial charge on any atom is -0.494 e. The van der Waals surface area contributed by atoms with Gasteiger partial charge in [-0.25, -0.2) is 4.99 Å². The summed E-state index contributed by atoms with van der Waals surface area (Å²) in [5.74, 6) is 0.720. The Morgan fingerprint density at radius 3 is 2.42 bits per heavy atom. The van der Waals surface area contributed by atoms with Crippen LogP contribution >= 0.6 is 11.6 Å². The van der Waals surface area contributed by atoms with Gasteiger partial charge in [0.1, 0.15) is 5.75 Å². The third-order valence-corrected chi connectivity index (χ3v) is 7.88. The zero-order valence-electron chi connectivity index (χ0n) is 24.7. The van der Waals surface area contributed by atoms with Crippen LogP contribution in [-0.4, -0.2) is 42.2 Å². The first-order chi connectivity index (χ1) is 22.0. The van der Waals surface area contributed by atoms with Crippen LogP contribution in [-0.2, 0) is 28.9 Å². The van der Waals surface area contributed by atoms with Crippen LogP contribution in [0.5, 0.6) is 5.75 Å². The van der Waals surface area contributed by atoms with Gasteiger partial charge in [0.05, 0.1) is 13.2 Å². The second kappa shape index (κ2) is 15.3. The van der Waals surface area contributed by atoms with Gasteiger partial charge in [-0.1, -0.05) is 83.4 Å². The van der Waals surface area contributed by atoms with Crippen LogP contribution in [0.1, 0.15) is 40.3 Å². The van der Waals surface area contributed by atoms with Gasteiger partial charge in [-0.3, -0.25) is 4.79 Å². The summed E-state index contributed by atoms with van der Waals surface area (Å²) in [4.78, 5) is 22.5. The lowest BCUT2D eigenvalue weighted by Gasteiger charge is -2.31. The Kier molecular flexibility index (Phi) is 10.7. The number of ether oxygens (including phenoxy) is 2. The molecule has 4 aromatic rings. The molecule has 0 spiro atoms. The van der Waals surface area contributed by atoms with Crippen LogP contribution in [0.4, 0.5) is 0 Å². The minimum absolute atomic E-state index is 0.0550. The predicted octanol–water partition coefficient (Wildman–Crippen LogP) is 6.77. The quantitative estimate of drug-likeness (QED) is 0.0695. The Morgan fingerprint density at radius 1 is 1.00 bits per heavy atom. The van der Waals surface area contributed by atoms with Gasteiger partial charge in [-0.15, -0.1) is 0 Å². The second-order valence-corrected chi connectivity index (χ2v) is 11.1. The molecule has 1 amide bonds. The van der Waals surface area contributed by atoms with E-state index in [-0.39, 0.29) is 25.5 Å². The maximum atomic E-state index is 14.5. The van der Waals surface area contributed by atoms with E-state index < -0.39 is 11.6 Å². The number of rotatable bonds is 14. The second-order valence-electron chi connectivity index (χ2n) is 10.7. The standard InChI is InChI=1S/C35H34ClN5O4/c36-30-15-11-25(12-16-30)19-20-38-34(43)35(23-28-9-4-5-10-29(28)24-39-41-37)32(26-7-2-1-3-8-26)45-33(40-35)27-13-17-31(18-14-27)44-22-6-21-42/h1-5,7-18,32,42H,6,19-24H2,(H,38,43)/t32-,35-/m1/s1. The summed E-state index contributed by atoms with van der Waals surface area (Å²) in [6, 6.07) is 32.1. The fourth-order valence-corrected chi connectivity index (χ4v) is 5.44. The van der Waals surface area contributed by atoms with Gasteiger partial charge in [-0.2, -0.15) is 0 Å².